The van der Waals surface area contributed by atoms with Crippen LogP contribution in [0.4, 0.5) is 4.39 Å². The van der Waals surface area contributed by atoms with Gasteiger partial charge in [-0.1, -0.05) is 53.5 Å². The molecule has 38 heavy (non-hydrogen) atoms. The van der Waals surface area contributed by atoms with Crippen LogP contribution in [0.2, 0.25) is 5.04 Å². The van der Waals surface area contributed by atoms with E-state index in [1.54, 1.807) is 25.1 Å². The summed E-state index contributed by atoms with van der Waals surface area (Å²) in [7, 11) is -0.446. The first kappa shape index (κ1) is 30.4. The van der Waals surface area contributed by atoms with E-state index < -0.39 is 30.1 Å². The Morgan fingerprint density at radius 2 is 1.58 bits per heavy atom. The summed E-state index contributed by atoms with van der Waals surface area (Å²) in [6, 6.07) is 6.53. The Kier molecular flexibility index (Phi) is 8.93. The van der Waals surface area contributed by atoms with Crippen LogP contribution in [-0.4, -0.2) is 40.4 Å². The van der Waals surface area contributed by atoms with E-state index in [4.69, 9.17) is 14.0 Å². The minimum Gasteiger partial charge on any atom is -0.462 e. The Balaban J connectivity index is 2.25. The second-order valence-corrected chi connectivity index (χ2v) is 13.5. The van der Waals surface area contributed by atoms with Crippen LogP contribution in [0.15, 0.2) is 24.3 Å². The third-order valence-electron chi connectivity index (χ3n) is 8.45. The molecular formula is C31H42BFO4Si. The van der Waals surface area contributed by atoms with Gasteiger partial charge >= 0.3 is 13.1 Å². The van der Waals surface area contributed by atoms with Crippen molar-refractivity contribution in [3.8, 4) is 11.5 Å². The van der Waals surface area contributed by atoms with Crippen LogP contribution < -0.4 is 5.46 Å². The molecule has 204 valence electrons. The molecule has 0 atom stereocenters. The number of esters is 1. The zero-order chi connectivity index (χ0) is 28.6. The summed E-state index contributed by atoms with van der Waals surface area (Å²) in [4.78, 5) is 12.7. The molecule has 1 heterocycles. The maximum atomic E-state index is 15.5. The second-order valence-electron chi connectivity index (χ2n) is 12.2. The van der Waals surface area contributed by atoms with Crippen molar-refractivity contribution in [2.24, 2.45) is 17.8 Å². The Morgan fingerprint density at radius 1 is 1.03 bits per heavy atom. The number of hydrogen-bond acceptors (Lipinski definition) is 4. The molecule has 2 radical (unpaired) electrons. The lowest BCUT2D eigenvalue weighted by molar-refractivity contribution is 0.00578. The zero-order valence-electron chi connectivity index (χ0n) is 24.8. The average Bonchev–Trinajstić information content (AvgIpc) is 3.03. The van der Waals surface area contributed by atoms with Crippen LogP contribution in [0, 0.1) is 35.0 Å². The second kappa shape index (κ2) is 11.2. The molecule has 0 saturated carbocycles. The van der Waals surface area contributed by atoms with E-state index in [0.29, 0.717) is 54.6 Å². The Labute approximate surface area is 231 Å². The largest absolute Gasteiger partial charge is 0.495 e. The standard InChI is InChI=1S/C31H42BFO4Si/c1-12-35-28(34)23-17-22-13-14-26(33)24(15-16-38-31(19(2)3,20(4)5)21(6)7)27(22)25(18-23)32-36-29(8,9)30(10,11)37-32/h13-14,17-21H,12H2,1-11H3. The number of hydrogen-bond donors (Lipinski definition) is 0. The van der Waals surface area contributed by atoms with E-state index in [1.807, 2.05) is 27.7 Å². The van der Waals surface area contributed by atoms with Crippen molar-refractivity contribution in [2.45, 2.75) is 92.4 Å². The highest BCUT2D eigenvalue weighted by Gasteiger charge is 2.52. The van der Waals surface area contributed by atoms with E-state index in [1.165, 1.54) is 6.07 Å². The maximum Gasteiger partial charge on any atom is 0.495 e. The molecule has 0 spiro atoms. The minimum atomic E-state index is -0.789. The zero-order valence-corrected chi connectivity index (χ0v) is 25.8. The van der Waals surface area contributed by atoms with Crippen molar-refractivity contribution in [2.75, 3.05) is 6.61 Å². The molecule has 0 aromatic heterocycles. The molecule has 0 aliphatic carbocycles. The molecule has 1 aliphatic rings. The van der Waals surface area contributed by atoms with Gasteiger partial charge in [-0.25, -0.2) is 9.18 Å². The molecule has 3 rings (SSSR count). The van der Waals surface area contributed by atoms with E-state index in [2.05, 4.69) is 53.0 Å². The summed E-state index contributed by atoms with van der Waals surface area (Å²) in [5.74, 6) is 3.66. The first-order chi connectivity index (χ1) is 17.6. The monoisotopic (exact) mass is 536 g/mol. The highest BCUT2D eigenvalue weighted by atomic mass is 28.2. The number of rotatable bonds is 7. The molecule has 0 unspecified atom stereocenters. The lowest BCUT2D eigenvalue weighted by atomic mass is 9.74. The van der Waals surface area contributed by atoms with Gasteiger partial charge in [0.15, 0.2) is 9.52 Å². The highest BCUT2D eigenvalue weighted by molar-refractivity contribution is 6.65. The quantitative estimate of drug-likeness (QED) is 0.227. The predicted octanol–water partition coefficient (Wildman–Crippen LogP) is 6.59. The summed E-state index contributed by atoms with van der Waals surface area (Å²) in [5.41, 5.74) is 3.45. The highest BCUT2D eigenvalue weighted by Crippen LogP contribution is 2.49. The van der Waals surface area contributed by atoms with Crippen LogP contribution in [-0.2, 0) is 14.0 Å². The van der Waals surface area contributed by atoms with Gasteiger partial charge in [-0.05, 0) is 86.5 Å². The fraction of sp³-hybridized carbons (Fsp3) is 0.581. The van der Waals surface area contributed by atoms with Gasteiger partial charge in [0.1, 0.15) is 5.82 Å². The van der Waals surface area contributed by atoms with Crippen molar-refractivity contribution in [3.05, 3.63) is 41.2 Å². The lowest BCUT2D eigenvalue weighted by Crippen LogP contribution is -2.41. The molecule has 1 saturated heterocycles. The molecule has 2 aromatic rings. The molecule has 1 fully saturated rings. The molecule has 0 amide bonds. The molecular weight excluding hydrogens is 494 g/mol. The molecule has 2 aromatic carbocycles. The summed E-state index contributed by atoms with van der Waals surface area (Å²) in [5, 5.41) is 1.33. The smallest absolute Gasteiger partial charge is 0.462 e. The fourth-order valence-electron chi connectivity index (χ4n) is 5.72. The number of ether oxygens (including phenoxy) is 1. The van der Waals surface area contributed by atoms with Crippen LogP contribution in [0.3, 0.4) is 0 Å². The van der Waals surface area contributed by atoms with Crippen LogP contribution in [0.25, 0.3) is 10.8 Å². The van der Waals surface area contributed by atoms with Gasteiger partial charge in [-0.15, -0.1) is 5.54 Å². The van der Waals surface area contributed by atoms with E-state index in [9.17, 15) is 4.79 Å². The maximum absolute atomic E-state index is 15.5. The average molecular weight is 537 g/mol. The first-order valence-electron chi connectivity index (χ1n) is 13.7. The Morgan fingerprint density at radius 3 is 2.08 bits per heavy atom. The van der Waals surface area contributed by atoms with Crippen molar-refractivity contribution >= 4 is 38.8 Å². The number of benzene rings is 2. The number of carbonyl (C=O) groups is 1. The third-order valence-corrected chi connectivity index (χ3v) is 10.9. The van der Waals surface area contributed by atoms with Gasteiger partial charge in [0.05, 0.1) is 28.9 Å². The fourth-order valence-corrected chi connectivity index (χ4v) is 6.99. The van der Waals surface area contributed by atoms with Gasteiger partial charge in [0, 0.05) is 5.39 Å². The van der Waals surface area contributed by atoms with E-state index in [-0.39, 0.29) is 11.6 Å². The van der Waals surface area contributed by atoms with Gasteiger partial charge < -0.3 is 14.0 Å². The van der Waals surface area contributed by atoms with Crippen molar-refractivity contribution in [1.29, 1.82) is 0 Å². The summed E-state index contributed by atoms with van der Waals surface area (Å²) >= 11 is 0. The summed E-state index contributed by atoms with van der Waals surface area (Å²) in [6.07, 6.45) is 0. The Hall–Kier alpha value is -2.14. The first-order valence-corrected chi connectivity index (χ1v) is 14.7. The van der Waals surface area contributed by atoms with Gasteiger partial charge in [0.25, 0.3) is 0 Å². The summed E-state index contributed by atoms with van der Waals surface area (Å²) < 4.78 is 33.5. The normalized spacial score (nSPS) is 16.9. The topological polar surface area (TPSA) is 44.8 Å². The third kappa shape index (κ3) is 5.46. The molecule has 0 bridgehead atoms. The van der Waals surface area contributed by atoms with Crippen LogP contribution in [0.1, 0.15) is 92.1 Å². The molecule has 1 aliphatic heterocycles. The van der Waals surface area contributed by atoms with Crippen LogP contribution >= 0.6 is 0 Å². The summed E-state index contributed by atoms with van der Waals surface area (Å²) in [6.45, 7) is 23.4. The predicted molar refractivity (Wildman–Crippen MR) is 155 cm³/mol. The van der Waals surface area contributed by atoms with Crippen molar-refractivity contribution < 1.29 is 23.2 Å². The number of fused-ring (bicyclic) bond motifs is 1. The Bertz CT molecular complexity index is 1220. The van der Waals surface area contributed by atoms with Crippen molar-refractivity contribution in [1.82, 2.24) is 0 Å². The molecule has 7 heteroatoms. The minimum absolute atomic E-state index is 0.0275. The van der Waals surface area contributed by atoms with E-state index in [0.717, 1.165) is 0 Å². The van der Waals surface area contributed by atoms with Gasteiger partial charge in [0.2, 0.25) is 0 Å². The molecule has 4 nitrogen and oxygen atoms in total. The molecule has 0 N–H and O–H groups in total. The van der Waals surface area contributed by atoms with Gasteiger partial charge in [-0.3, -0.25) is 0 Å². The SMILES string of the molecule is CCOC(=O)c1cc(B2OC(C)(C)C(C)(C)O2)c2c(C#C[Si]C(C(C)C)(C(C)C)C(C)C)c(F)ccc2c1. The lowest BCUT2D eigenvalue weighted by Gasteiger charge is -2.43. The van der Waals surface area contributed by atoms with E-state index >= 15 is 4.39 Å². The number of carbonyl (C=O) groups excluding carboxylic acids is 1. The van der Waals surface area contributed by atoms with Crippen molar-refractivity contribution in [3.63, 3.8) is 0 Å². The van der Waals surface area contributed by atoms with Crippen LogP contribution in [0.5, 0.6) is 0 Å². The number of halogens is 1. The van der Waals surface area contributed by atoms with Gasteiger partial charge in [-0.2, -0.15) is 0 Å².